The SMILES string of the molecule is CCNCCCN(C)S(=O)(=O)NC1CCC(SC)C1. The van der Waals surface area contributed by atoms with Crippen LogP contribution in [0.5, 0.6) is 0 Å². The van der Waals surface area contributed by atoms with E-state index < -0.39 is 10.2 Å². The van der Waals surface area contributed by atoms with E-state index in [0.717, 1.165) is 38.8 Å². The van der Waals surface area contributed by atoms with Gasteiger partial charge in [-0.15, -0.1) is 0 Å². The van der Waals surface area contributed by atoms with Gasteiger partial charge in [0.05, 0.1) is 0 Å². The number of hydrogen-bond acceptors (Lipinski definition) is 4. The average molecular weight is 310 g/mol. The van der Waals surface area contributed by atoms with Gasteiger partial charge >= 0.3 is 0 Å². The summed E-state index contributed by atoms with van der Waals surface area (Å²) in [6, 6.07) is 0.110. The van der Waals surface area contributed by atoms with E-state index in [1.54, 1.807) is 7.05 Å². The van der Waals surface area contributed by atoms with E-state index in [0.29, 0.717) is 11.8 Å². The van der Waals surface area contributed by atoms with Crippen molar-refractivity contribution in [3.05, 3.63) is 0 Å². The maximum atomic E-state index is 12.1. The first-order valence-corrected chi connectivity index (χ1v) is 9.69. The molecule has 1 fully saturated rings. The summed E-state index contributed by atoms with van der Waals surface area (Å²) < 4.78 is 28.5. The Kier molecular flexibility index (Phi) is 7.68. The molecule has 0 spiro atoms. The standard InChI is InChI=1S/C12H27N3O2S2/c1-4-13-8-5-9-15(2)19(16,17)14-11-6-7-12(10-11)18-3/h11-14H,4-10H2,1-3H3. The highest BCUT2D eigenvalue weighted by Gasteiger charge is 2.29. The molecule has 0 aliphatic heterocycles. The van der Waals surface area contributed by atoms with Crippen LogP contribution in [0.2, 0.25) is 0 Å². The Balaban J connectivity index is 2.34. The van der Waals surface area contributed by atoms with Crippen molar-refractivity contribution < 1.29 is 8.42 Å². The van der Waals surface area contributed by atoms with Crippen LogP contribution in [0.3, 0.4) is 0 Å². The van der Waals surface area contributed by atoms with Gasteiger partial charge in [-0.05, 0) is 45.0 Å². The predicted molar refractivity (Wildman–Crippen MR) is 82.8 cm³/mol. The minimum atomic E-state index is -3.32. The molecule has 1 aliphatic carbocycles. The first-order chi connectivity index (χ1) is 8.99. The summed E-state index contributed by atoms with van der Waals surface area (Å²) >= 11 is 1.83. The molecule has 0 bridgehead atoms. The van der Waals surface area contributed by atoms with E-state index in [-0.39, 0.29) is 6.04 Å². The fraction of sp³-hybridized carbons (Fsp3) is 1.00. The minimum absolute atomic E-state index is 0.110. The molecule has 0 heterocycles. The Labute approximate surface area is 122 Å². The lowest BCUT2D eigenvalue weighted by Crippen LogP contribution is -2.43. The maximum Gasteiger partial charge on any atom is 0.279 e. The lowest BCUT2D eigenvalue weighted by molar-refractivity contribution is 0.436. The summed E-state index contributed by atoms with van der Waals surface area (Å²) in [6.45, 7) is 4.38. The third-order valence-corrected chi connectivity index (χ3v) is 6.25. The summed E-state index contributed by atoms with van der Waals surface area (Å²) in [7, 11) is -1.67. The normalized spacial score (nSPS) is 24.2. The molecule has 2 unspecified atom stereocenters. The third kappa shape index (κ3) is 5.99. The molecule has 0 aromatic rings. The Morgan fingerprint density at radius 3 is 2.68 bits per heavy atom. The fourth-order valence-electron chi connectivity index (χ4n) is 2.29. The van der Waals surface area contributed by atoms with E-state index in [1.807, 2.05) is 18.7 Å². The summed E-state index contributed by atoms with van der Waals surface area (Å²) in [5, 5.41) is 3.80. The van der Waals surface area contributed by atoms with E-state index in [9.17, 15) is 8.42 Å². The lowest BCUT2D eigenvalue weighted by atomic mass is 10.3. The molecule has 0 amide bonds. The molecule has 7 heteroatoms. The first kappa shape index (κ1) is 17.2. The van der Waals surface area contributed by atoms with Gasteiger partial charge in [0.1, 0.15) is 0 Å². The zero-order valence-corrected chi connectivity index (χ0v) is 13.8. The van der Waals surface area contributed by atoms with Crippen molar-refractivity contribution in [2.75, 3.05) is 32.9 Å². The molecule has 0 aromatic heterocycles. The second-order valence-electron chi connectivity index (χ2n) is 5.02. The van der Waals surface area contributed by atoms with E-state index in [2.05, 4.69) is 16.3 Å². The van der Waals surface area contributed by atoms with Crippen LogP contribution in [-0.2, 0) is 10.2 Å². The van der Waals surface area contributed by atoms with Crippen molar-refractivity contribution in [3.63, 3.8) is 0 Å². The van der Waals surface area contributed by atoms with Gasteiger partial charge in [-0.2, -0.15) is 29.2 Å². The van der Waals surface area contributed by atoms with Gasteiger partial charge in [-0.1, -0.05) is 6.92 Å². The second kappa shape index (κ2) is 8.46. The quantitative estimate of drug-likeness (QED) is 0.625. The smallest absolute Gasteiger partial charge is 0.279 e. The van der Waals surface area contributed by atoms with Crippen LogP contribution in [0.1, 0.15) is 32.6 Å². The molecule has 114 valence electrons. The van der Waals surface area contributed by atoms with Gasteiger partial charge in [0.25, 0.3) is 10.2 Å². The van der Waals surface area contributed by atoms with Gasteiger partial charge in [0, 0.05) is 24.9 Å². The van der Waals surface area contributed by atoms with Crippen molar-refractivity contribution in [1.82, 2.24) is 14.3 Å². The summed E-state index contributed by atoms with van der Waals surface area (Å²) in [6.07, 6.45) is 5.94. The Morgan fingerprint density at radius 1 is 1.37 bits per heavy atom. The molecule has 2 atom stereocenters. The van der Waals surface area contributed by atoms with Gasteiger partial charge in [0.2, 0.25) is 0 Å². The summed E-state index contributed by atoms with van der Waals surface area (Å²) in [5.41, 5.74) is 0. The highest BCUT2D eigenvalue weighted by molar-refractivity contribution is 7.99. The van der Waals surface area contributed by atoms with Crippen LogP contribution in [0.15, 0.2) is 0 Å². The van der Waals surface area contributed by atoms with Crippen molar-refractivity contribution in [2.45, 2.75) is 43.9 Å². The van der Waals surface area contributed by atoms with Crippen LogP contribution < -0.4 is 10.0 Å². The highest BCUT2D eigenvalue weighted by Crippen LogP contribution is 2.28. The molecule has 0 aromatic carbocycles. The Bertz CT molecular complexity index is 349. The number of nitrogens with one attached hydrogen (secondary N) is 2. The largest absolute Gasteiger partial charge is 0.317 e. The average Bonchev–Trinajstić information content (AvgIpc) is 2.81. The molecule has 19 heavy (non-hydrogen) atoms. The van der Waals surface area contributed by atoms with E-state index >= 15 is 0 Å². The highest BCUT2D eigenvalue weighted by atomic mass is 32.2. The van der Waals surface area contributed by atoms with Gasteiger partial charge < -0.3 is 5.32 Å². The zero-order chi connectivity index (χ0) is 14.3. The Morgan fingerprint density at radius 2 is 2.11 bits per heavy atom. The number of hydrogen-bond donors (Lipinski definition) is 2. The number of nitrogens with zero attached hydrogens (tertiary/aromatic N) is 1. The molecule has 0 saturated heterocycles. The Hall–Kier alpha value is 0.180. The molecular formula is C12H27N3O2S2. The van der Waals surface area contributed by atoms with Crippen LogP contribution in [0.25, 0.3) is 0 Å². The van der Waals surface area contributed by atoms with E-state index in [1.165, 1.54) is 4.31 Å². The molecule has 1 rings (SSSR count). The third-order valence-electron chi connectivity index (χ3n) is 3.52. The molecule has 1 aliphatic rings. The molecule has 5 nitrogen and oxygen atoms in total. The molecule has 1 saturated carbocycles. The predicted octanol–water partition coefficient (Wildman–Crippen LogP) is 1.04. The minimum Gasteiger partial charge on any atom is -0.317 e. The van der Waals surface area contributed by atoms with Crippen molar-refractivity contribution in [2.24, 2.45) is 0 Å². The molecule has 0 radical (unpaired) electrons. The molecule has 2 N–H and O–H groups in total. The fourth-order valence-corrected chi connectivity index (χ4v) is 4.27. The van der Waals surface area contributed by atoms with Crippen LogP contribution >= 0.6 is 11.8 Å². The van der Waals surface area contributed by atoms with Crippen molar-refractivity contribution in [1.29, 1.82) is 0 Å². The lowest BCUT2D eigenvalue weighted by Gasteiger charge is -2.21. The number of thioether (sulfide) groups is 1. The summed E-state index contributed by atoms with van der Waals surface area (Å²) in [4.78, 5) is 0. The van der Waals surface area contributed by atoms with Crippen LogP contribution in [-0.4, -0.2) is 57.0 Å². The first-order valence-electron chi connectivity index (χ1n) is 6.96. The topological polar surface area (TPSA) is 61.4 Å². The number of rotatable bonds is 9. The second-order valence-corrected chi connectivity index (χ2v) is 7.97. The van der Waals surface area contributed by atoms with Gasteiger partial charge in [-0.3, -0.25) is 0 Å². The van der Waals surface area contributed by atoms with Crippen molar-refractivity contribution in [3.8, 4) is 0 Å². The van der Waals surface area contributed by atoms with Crippen molar-refractivity contribution >= 4 is 22.0 Å². The molecular weight excluding hydrogens is 282 g/mol. The summed E-state index contributed by atoms with van der Waals surface area (Å²) in [5.74, 6) is 0. The maximum absolute atomic E-state index is 12.1. The van der Waals surface area contributed by atoms with E-state index in [4.69, 9.17) is 0 Å². The van der Waals surface area contributed by atoms with Gasteiger partial charge in [-0.25, -0.2) is 0 Å². The van der Waals surface area contributed by atoms with Gasteiger partial charge in [0.15, 0.2) is 0 Å². The van der Waals surface area contributed by atoms with Crippen LogP contribution in [0.4, 0.5) is 0 Å². The monoisotopic (exact) mass is 309 g/mol. The van der Waals surface area contributed by atoms with Crippen LogP contribution in [0, 0.1) is 0 Å². The zero-order valence-electron chi connectivity index (χ0n) is 12.2.